The molecule has 0 fully saturated rings. The van der Waals surface area contributed by atoms with Gasteiger partial charge < -0.3 is 4.52 Å². The van der Waals surface area contributed by atoms with Crippen molar-refractivity contribution in [1.82, 2.24) is 25.1 Å². The van der Waals surface area contributed by atoms with Gasteiger partial charge in [0.25, 0.3) is 0 Å². The van der Waals surface area contributed by atoms with Crippen LogP contribution in [0.3, 0.4) is 0 Å². The van der Waals surface area contributed by atoms with E-state index in [2.05, 4.69) is 51.6 Å². The third-order valence-electron chi connectivity index (χ3n) is 3.60. The summed E-state index contributed by atoms with van der Waals surface area (Å²) in [6, 6.07) is 10.5. The van der Waals surface area contributed by atoms with Gasteiger partial charge in [0.15, 0.2) is 5.82 Å². The second kappa shape index (κ2) is 6.51. The number of aryl methyl sites for hydroxylation is 3. The summed E-state index contributed by atoms with van der Waals surface area (Å²) in [5, 5.41) is 12.3. The van der Waals surface area contributed by atoms with Crippen LogP contribution in [0.4, 0.5) is 0 Å². The van der Waals surface area contributed by atoms with Gasteiger partial charge in [-0.05, 0) is 17.9 Å². The number of rotatable bonds is 6. The third kappa shape index (κ3) is 3.58. The van der Waals surface area contributed by atoms with E-state index in [1.165, 1.54) is 5.56 Å². The molecule has 2 heterocycles. The molecular weight excluding hydrogens is 278 g/mol. The van der Waals surface area contributed by atoms with Crippen LogP contribution in [0.25, 0.3) is 0 Å². The van der Waals surface area contributed by atoms with E-state index >= 15 is 0 Å². The molecule has 2 aromatic heterocycles. The van der Waals surface area contributed by atoms with E-state index in [0.29, 0.717) is 30.6 Å². The van der Waals surface area contributed by atoms with Crippen LogP contribution in [0, 0.1) is 6.92 Å². The first-order valence-corrected chi connectivity index (χ1v) is 7.44. The average molecular weight is 297 g/mol. The van der Waals surface area contributed by atoms with Crippen molar-refractivity contribution < 1.29 is 4.52 Å². The number of nitrogens with zero attached hydrogens (tertiary/aromatic N) is 5. The smallest absolute Gasteiger partial charge is 0.223 e. The molecule has 0 aliphatic carbocycles. The lowest BCUT2D eigenvalue weighted by Gasteiger charge is -2.09. The van der Waals surface area contributed by atoms with E-state index in [9.17, 15) is 0 Å². The molecule has 6 nitrogen and oxygen atoms in total. The highest BCUT2D eigenvalue weighted by atomic mass is 16.5. The van der Waals surface area contributed by atoms with Gasteiger partial charge in [0.1, 0.15) is 0 Å². The van der Waals surface area contributed by atoms with Gasteiger partial charge in [0, 0.05) is 26.1 Å². The van der Waals surface area contributed by atoms with Gasteiger partial charge in [-0.3, -0.25) is 4.68 Å². The second-order valence-corrected chi connectivity index (χ2v) is 5.47. The predicted molar refractivity (Wildman–Crippen MR) is 81.3 cm³/mol. The number of benzene rings is 1. The lowest BCUT2D eigenvalue weighted by molar-refractivity contribution is 0.385. The van der Waals surface area contributed by atoms with Crippen LogP contribution in [0.15, 0.2) is 41.1 Å². The maximum absolute atomic E-state index is 4.95. The first kappa shape index (κ1) is 14.4. The van der Waals surface area contributed by atoms with Crippen molar-refractivity contribution in [3.05, 3.63) is 59.5 Å². The molecule has 114 valence electrons. The Kier molecular flexibility index (Phi) is 4.27. The molecule has 0 aliphatic heterocycles. The van der Waals surface area contributed by atoms with E-state index in [0.717, 1.165) is 12.1 Å². The fraction of sp³-hybridized carbons (Fsp3) is 0.375. The Morgan fingerprint density at radius 2 is 2.05 bits per heavy atom. The van der Waals surface area contributed by atoms with E-state index in [1.807, 2.05) is 16.9 Å². The molecule has 0 aliphatic rings. The Bertz CT molecular complexity index is 719. The van der Waals surface area contributed by atoms with Crippen molar-refractivity contribution in [2.45, 2.75) is 39.2 Å². The zero-order valence-electron chi connectivity index (χ0n) is 12.8. The molecule has 1 unspecified atom stereocenters. The standard InChI is InChI=1S/C16H19N5O/c1-12(14-6-4-3-5-7-14)10-15-11-21(20-18-15)9-8-16-17-13(2)22-19-16/h3-7,11-12H,8-10H2,1-2H3. The zero-order valence-corrected chi connectivity index (χ0v) is 12.8. The summed E-state index contributed by atoms with van der Waals surface area (Å²) in [4.78, 5) is 4.18. The van der Waals surface area contributed by atoms with Crippen molar-refractivity contribution >= 4 is 0 Å². The van der Waals surface area contributed by atoms with Crippen LogP contribution in [0.1, 0.15) is 35.8 Å². The molecule has 6 heteroatoms. The van der Waals surface area contributed by atoms with Gasteiger partial charge in [-0.25, -0.2) is 0 Å². The van der Waals surface area contributed by atoms with Crippen LogP contribution in [0.2, 0.25) is 0 Å². The van der Waals surface area contributed by atoms with Crippen molar-refractivity contribution in [3.63, 3.8) is 0 Å². The first-order valence-electron chi connectivity index (χ1n) is 7.44. The first-order chi connectivity index (χ1) is 10.7. The topological polar surface area (TPSA) is 69.6 Å². The van der Waals surface area contributed by atoms with Gasteiger partial charge in [0.2, 0.25) is 5.89 Å². The molecule has 1 atom stereocenters. The number of aromatic nitrogens is 5. The maximum atomic E-state index is 4.95. The SMILES string of the molecule is Cc1nc(CCn2cc(CC(C)c3ccccc3)nn2)no1. The van der Waals surface area contributed by atoms with E-state index < -0.39 is 0 Å². The largest absolute Gasteiger partial charge is 0.340 e. The molecule has 3 rings (SSSR count). The highest BCUT2D eigenvalue weighted by molar-refractivity contribution is 5.20. The Morgan fingerprint density at radius 3 is 2.77 bits per heavy atom. The molecule has 0 bridgehead atoms. The van der Waals surface area contributed by atoms with Crippen LogP contribution < -0.4 is 0 Å². The van der Waals surface area contributed by atoms with E-state index in [-0.39, 0.29) is 0 Å². The highest BCUT2D eigenvalue weighted by Crippen LogP contribution is 2.18. The Morgan fingerprint density at radius 1 is 1.23 bits per heavy atom. The van der Waals surface area contributed by atoms with E-state index in [4.69, 9.17) is 4.52 Å². The Hall–Kier alpha value is -2.50. The molecule has 0 radical (unpaired) electrons. The average Bonchev–Trinajstić information content (AvgIpc) is 3.15. The summed E-state index contributed by atoms with van der Waals surface area (Å²) in [6.45, 7) is 4.69. The van der Waals surface area contributed by atoms with Gasteiger partial charge >= 0.3 is 0 Å². The lowest BCUT2D eigenvalue weighted by atomic mass is 9.97. The van der Waals surface area contributed by atoms with Crippen LogP contribution in [0.5, 0.6) is 0 Å². The highest BCUT2D eigenvalue weighted by Gasteiger charge is 2.10. The predicted octanol–water partition coefficient (Wildman–Crippen LogP) is 2.56. The van der Waals surface area contributed by atoms with Gasteiger partial charge in [-0.2, -0.15) is 4.98 Å². The Labute approximate surface area is 129 Å². The molecule has 1 aromatic carbocycles. The summed E-state index contributed by atoms with van der Waals surface area (Å²) in [6.07, 6.45) is 3.56. The zero-order chi connectivity index (χ0) is 15.4. The van der Waals surface area contributed by atoms with Crippen LogP contribution >= 0.6 is 0 Å². The van der Waals surface area contributed by atoms with Crippen LogP contribution in [-0.4, -0.2) is 25.1 Å². The summed E-state index contributed by atoms with van der Waals surface area (Å²) in [5.41, 5.74) is 2.32. The van der Waals surface area contributed by atoms with Gasteiger partial charge in [-0.15, -0.1) is 5.10 Å². The normalized spacial score (nSPS) is 12.5. The molecule has 0 saturated heterocycles. The number of hydrogen-bond donors (Lipinski definition) is 0. The lowest BCUT2D eigenvalue weighted by Crippen LogP contribution is -2.03. The molecule has 0 amide bonds. The molecular formula is C16H19N5O. The number of hydrogen-bond acceptors (Lipinski definition) is 5. The summed E-state index contributed by atoms with van der Waals surface area (Å²) in [7, 11) is 0. The molecule has 3 aromatic rings. The quantitative estimate of drug-likeness (QED) is 0.699. The van der Waals surface area contributed by atoms with Crippen molar-refractivity contribution in [3.8, 4) is 0 Å². The fourth-order valence-corrected chi connectivity index (χ4v) is 2.41. The fourth-order valence-electron chi connectivity index (χ4n) is 2.41. The summed E-state index contributed by atoms with van der Waals surface area (Å²) in [5.74, 6) is 1.71. The van der Waals surface area contributed by atoms with Crippen molar-refractivity contribution in [1.29, 1.82) is 0 Å². The maximum Gasteiger partial charge on any atom is 0.223 e. The minimum Gasteiger partial charge on any atom is -0.340 e. The van der Waals surface area contributed by atoms with Gasteiger partial charge in [0.05, 0.1) is 5.69 Å². The van der Waals surface area contributed by atoms with Crippen molar-refractivity contribution in [2.24, 2.45) is 0 Å². The second-order valence-electron chi connectivity index (χ2n) is 5.47. The van der Waals surface area contributed by atoms with E-state index in [1.54, 1.807) is 6.92 Å². The molecule has 22 heavy (non-hydrogen) atoms. The summed E-state index contributed by atoms with van der Waals surface area (Å²) < 4.78 is 6.79. The molecule has 0 saturated carbocycles. The third-order valence-corrected chi connectivity index (χ3v) is 3.60. The van der Waals surface area contributed by atoms with Crippen molar-refractivity contribution in [2.75, 3.05) is 0 Å². The van der Waals surface area contributed by atoms with Crippen LogP contribution in [-0.2, 0) is 19.4 Å². The monoisotopic (exact) mass is 297 g/mol. The molecule has 0 N–H and O–H groups in total. The minimum atomic E-state index is 0.422. The van der Waals surface area contributed by atoms with Gasteiger partial charge in [-0.1, -0.05) is 47.6 Å². The molecule has 0 spiro atoms. The minimum absolute atomic E-state index is 0.422. The summed E-state index contributed by atoms with van der Waals surface area (Å²) >= 11 is 0. The Balaban J connectivity index is 1.57.